The number of nitrogens with two attached hydrogens (primary N) is 1. The summed E-state index contributed by atoms with van der Waals surface area (Å²) in [6.07, 6.45) is -0.0482. The van der Waals surface area contributed by atoms with E-state index in [1.165, 1.54) is 37.2 Å². The molecule has 5 rings (SSSR count). The van der Waals surface area contributed by atoms with Crippen molar-refractivity contribution < 1.29 is 43.8 Å². The van der Waals surface area contributed by atoms with E-state index in [0.29, 0.717) is 11.3 Å². The molecule has 14 nitrogen and oxygen atoms in total. The van der Waals surface area contributed by atoms with Crippen molar-refractivity contribution in [3.05, 3.63) is 53.1 Å². The molecular weight excluding hydrogens is 586 g/mol. The number of anilines is 2. The molecule has 45 heavy (non-hydrogen) atoms. The van der Waals surface area contributed by atoms with Crippen molar-refractivity contribution in [2.75, 3.05) is 38.4 Å². The minimum atomic E-state index is -2.86. The molecule has 2 saturated carbocycles. The summed E-state index contributed by atoms with van der Waals surface area (Å²) in [4.78, 5) is 95.3. The van der Waals surface area contributed by atoms with Gasteiger partial charge < -0.3 is 26.2 Å². The maximum Gasteiger partial charge on any atom is 0.326 e. The molecule has 236 valence electrons. The van der Waals surface area contributed by atoms with Crippen molar-refractivity contribution >= 4 is 52.4 Å². The number of rotatable bonds is 5. The number of hydrogen-bond donors (Lipinski definition) is 5. The highest BCUT2D eigenvalue weighted by Crippen LogP contribution is 2.52. The molecule has 0 radical (unpaired) electrons. The van der Waals surface area contributed by atoms with Crippen LogP contribution >= 0.6 is 0 Å². The predicted octanol–water partition coefficient (Wildman–Crippen LogP) is -0.105. The second-order valence-corrected chi connectivity index (χ2v) is 12.1. The molecule has 0 saturated heterocycles. The number of urea groups is 1. The number of nitrogens with one attached hydrogen (secondary N) is 2. The Bertz CT molecular complexity index is 1670. The summed E-state index contributed by atoms with van der Waals surface area (Å²) in [6, 6.07) is 7.13. The van der Waals surface area contributed by atoms with Crippen molar-refractivity contribution in [2.24, 2.45) is 29.4 Å². The number of imide groups is 1. The van der Waals surface area contributed by atoms with Crippen LogP contribution in [0.25, 0.3) is 0 Å². The topological polar surface area (TPSA) is 217 Å². The fraction of sp³-hybridized carbons (Fsp3) is 0.387. The zero-order valence-corrected chi connectivity index (χ0v) is 25.0. The van der Waals surface area contributed by atoms with Gasteiger partial charge in [0, 0.05) is 31.3 Å². The average molecular weight is 620 g/mol. The molecule has 2 aromatic carbocycles. The van der Waals surface area contributed by atoms with Crippen molar-refractivity contribution in [2.45, 2.75) is 24.5 Å². The highest BCUT2D eigenvalue weighted by molar-refractivity contribution is 6.32. The quantitative estimate of drug-likeness (QED) is 0.220. The Morgan fingerprint density at radius 3 is 2.22 bits per heavy atom. The van der Waals surface area contributed by atoms with Crippen molar-refractivity contribution in [1.29, 1.82) is 0 Å². The Kier molecular flexibility index (Phi) is 7.83. The monoisotopic (exact) mass is 619 g/mol. The van der Waals surface area contributed by atoms with Crippen LogP contribution in [-0.4, -0.2) is 95.9 Å². The van der Waals surface area contributed by atoms with E-state index in [4.69, 9.17) is 5.73 Å². The third-order valence-electron chi connectivity index (χ3n) is 9.03. The second kappa shape index (κ2) is 11.2. The molecule has 0 heterocycles. The Morgan fingerprint density at radius 1 is 1.00 bits per heavy atom. The number of likely N-dealkylation sites (N-methyl/N-ethyl adjacent to an activating group) is 1. The summed E-state index contributed by atoms with van der Waals surface area (Å²) in [5.74, 6) is -12.7. The number of phenolic OH excluding ortho intramolecular Hbond substituents is 1. The molecule has 4 amide bonds. The largest absolute Gasteiger partial charge is 0.505 e. The van der Waals surface area contributed by atoms with E-state index in [0.717, 1.165) is 0 Å². The van der Waals surface area contributed by atoms with Gasteiger partial charge in [0.05, 0.1) is 23.2 Å². The number of fused-ring (bicyclic) bond motifs is 3. The maximum absolute atomic E-state index is 14.1. The molecule has 0 spiro atoms. The van der Waals surface area contributed by atoms with Crippen molar-refractivity contribution in [3.8, 4) is 5.75 Å². The van der Waals surface area contributed by atoms with Gasteiger partial charge in [0.25, 0.3) is 5.91 Å². The van der Waals surface area contributed by atoms with E-state index in [1.807, 2.05) is 0 Å². The Balaban J connectivity index is 1.55. The number of aliphatic hydroxyl groups is 1. The summed E-state index contributed by atoms with van der Waals surface area (Å²) in [5.41, 5.74) is 2.96. The number of hydrogen-bond acceptors (Lipinski definition) is 11. The Hall–Kier alpha value is -4.95. The molecule has 0 bridgehead atoms. The van der Waals surface area contributed by atoms with Gasteiger partial charge in [-0.3, -0.25) is 39.0 Å². The van der Waals surface area contributed by atoms with Crippen LogP contribution in [0.2, 0.25) is 0 Å². The smallest absolute Gasteiger partial charge is 0.326 e. The van der Waals surface area contributed by atoms with Gasteiger partial charge in [-0.2, -0.15) is 0 Å². The lowest BCUT2D eigenvalue weighted by molar-refractivity contribution is -0.181. The lowest BCUT2D eigenvalue weighted by Crippen LogP contribution is -2.74. The summed E-state index contributed by atoms with van der Waals surface area (Å²) >= 11 is 0. The zero-order chi connectivity index (χ0) is 33.1. The van der Waals surface area contributed by atoms with Gasteiger partial charge in [-0.25, -0.2) is 4.79 Å². The third kappa shape index (κ3) is 4.86. The number of aromatic hydroxyl groups is 1. The van der Waals surface area contributed by atoms with Crippen molar-refractivity contribution in [3.63, 3.8) is 0 Å². The summed E-state index contributed by atoms with van der Waals surface area (Å²) in [6.45, 7) is 0. The zero-order valence-electron chi connectivity index (χ0n) is 25.0. The van der Waals surface area contributed by atoms with Crippen LogP contribution in [0, 0.1) is 23.7 Å². The van der Waals surface area contributed by atoms with Crippen LogP contribution in [0.4, 0.5) is 16.2 Å². The van der Waals surface area contributed by atoms with Crippen LogP contribution in [0.5, 0.6) is 5.75 Å². The number of benzene rings is 2. The minimum Gasteiger partial charge on any atom is -0.505 e. The van der Waals surface area contributed by atoms with Crippen LogP contribution in [0.15, 0.2) is 36.4 Å². The fourth-order valence-electron chi connectivity index (χ4n) is 7.06. The van der Waals surface area contributed by atoms with E-state index in [2.05, 4.69) is 10.6 Å². The van der Waals surface area contributed by atoms with Crippen LogP contribution in [0.1, 0.15) is 32.7 Å². The first-order chi connectivity index (χ1) is 21.1. The highest BCUT2D eigenvalue weighted by Gasteiger charge is 2.69. The number of nitrogens with zero attached hydrogens (tertiary/aromatic N) is 2. The van der Waals surface area contributed by atoms with Gasteiger partial charge >= 0.3 is 6.03 Å². The van der Waals surface area contributed by atoms with Gasteiger partial charge in [0.15, 0.2) is 34.7 Å². The molecule has 14 heteroatoms. The first-order valence-electron chi connectivity index (χ1n) is 14.2. The number of amides is 4. The van der Waals surface area contributed by atoms with E-state index >= 15 is 0 Å². The molecule has 0 aromatic heterocycles. The number of ketones is 4. The van der Waals surface area contributed by atoms with Crippen LogP contribution in [-0.2, 0) is 25.6 Å². The summed E-state index contributed by atoms with van der Waals surface area (Å²) in [5, 5.41) is 27.5. The fourth-order valence-corrected chi connectivity index (χ4v) is 7.06. The molecule has 6 N–H and O–H groups in total. The lowest BCUT2D eigenvalue weighted by atomic mass is 9.52. The van der Waals surface area contributed by atoms with Gasteiger partial charge in [-0.05, 0) is 56.6 Å². The molecule has 2 aromatic rings. The number of phenols is 1. The molecule has 2 unspecified atom stereocenters. The number of Topliss-reactive ketones (excluding diaryl/α,β-unsaturated/α-hetero) is 4. The highest BCUT2D eigenvalue weighted by atomic mass is 16.3. The van der Waals surface area contributed by atoms with Crippen LogP contribution < -0.4 is 21.3 Å². The first-order valence-corrected chi connectivity index (χ1v) is 14.2. The number of carbonyl (C=O) groups is 7. The normalized spacial score (nSPS) is 27.3. The standard InChI is InChI=1S/C31H33N5O9/c1-35(2)18-12-17(33-30(44)34-29(43)13-8-6-5-7-9-13)23(37)20-15(18)10-14-11-16-22(36(3)4)25(39)21(28(32)42)27(41)31(16,45)26(40)19(14)24(20)38/h5-9,12,14,16,19,21-22,37,45H,10-11H2,1-4H3,(H2,32,42)(H2,33,34,43,44)/t14-,16-,19?,21?,22-,31-/m0/s1. The first kappa shape index (κ1) is 31.5. The maximum atomic E-state index is 14.1. The van der Waals surface area contributed by atoms with E-state index in [1.54, 1.807) is 37.2 Å². The molecular formula is C31H33N5O9. The predicted molar refractivity (Wildman–Crippen MR) is 159 cm³/mol. The Morgan fingerprint density at radius 2 is 1.64 bits per heavy atom. The lowest BCUT2D eigenvalue weighted by Gasteiger charge is -2.52. The van der Waals surface area contributed by atoms with Gasteiger partial charge in [-0.1, -0.05) is 18.2 Å². The molecule has 3 aliphatic carbocycles. The minimum absolute atomic E-state index is 0.0475. The number of primary amides is 1. The third-order valence-corrected chi connectivity index (χ3v) is 9.03. The van der Waals surface area contributed by atoms with Crippen molar-refractivity contribution in [1.82, 2.24) is 10.2 Å². The summed E-state index contributed by atoms with van der Waals surface area (Å²) < 4.78 is 0. The van der Waals surface area contributed by atoms with Gasteiger partial charge in [0.2, 0.25) is 5.91 Å². The second-order valence-electron chi connectivity index (χ2n) is 12.1. The SMILES string of the molecule is CN(C)c1cc(NC(=O)NC(=O)c2ccccc2)c(O)c2c1C[C@H]1C[C@H]3[C@H](N(C)C)C(=O)C(C(N)=O)C(=O)[C@@]3(O)C(=O)C1C2=O. The Labute approximate surface area is 257 Å². The van der Waals surface area contributed by atoms with E-state index in [-0.39, 0.29) is 29.7 Å². The van der Waals surface area contributed by atoms with E-state index in [9.17, 15) is 43.8 Å². The molecule has 0 aliphatic heterocycles. The average Bonchev–Trinajstić information content (AvgIpc) is 2.96. The molecule has 2 fully saturated rings. The van der Waals surface area contributed by atoms with Gasteiger partial charge in [0.1, 0.15) is 5.75 Å². The molecule has 6 atom stereocenters. The number of carbonyl (C=O) groups excluding carboxylic acids is 7. The van der Waals surface area contributed by atoms with E-state index < -0.39 is 82.0 Å². The summed E-state index contributed by atoms with van der Waals surface area (Å²) in [7, 11) is 6.35. The van der Waals surface area contributed by atoms with Crippen LogP contribution in [0.3, 0.4) is 0 Å². The van der Waals surface area contributed by atoms with Gasteiger partial charge in [-0.15, -0.1) is 0 Å². The molecule has 3 aliphatic rings.